The molecule has 22 heavy (non-hydrogen) atoms. The molecule has 1 rings (SSSR count). The number of hydrogen-bond donors (Lipinski definition) is 5. The summed E-state index contributed by atoms with van der Waals surface area (Å²) in [7, 11) is 0. The number of benzene rings is 1. The van der Waals surface area contributed by atoms with Crippen LogP contribution in [-0.2, 0) is 27.3 Å². The summed E-state index contributed by atoms with van der Waals surface area (Å²) >= 11 is 0. The van der Waals surface area contributed by atoms with Crippen LogP contribution >= 0.6 is 0 Å². The first-order valence-electron chi connectivity index (χ1n) is 6.72. The van der Waals surface area contributed by atoms with Crippen molar-refractivity contribution in [2.45, 2.75) is 19.0 Å². The second-order valence-electron chi connectivity index (χ2n) is 4.72. The molecule has 8 heteroatoms. The van der Waals surface area contributed by atoms with Crippen LogP contribution in [0, 0.1) is 0 Å². The van der Waals surface area contributed by atoms with Crippen molar-refractivity contribution in [3.63, 3.8) is 0 Å². The largest absolute Gasteiger partial charge is 0.480 e. The minimum absolute atomic E-state index is 0.314. The van der Waals surface area contributed by atoms with Gasteiger partial charge in [-0.3, -0.25) is 14.4 Å². The molecule has 0 radical (unpaired) electrons. The van der Waals surface area contributed by atoms with Crippen LogP contribution in [-0.4, -0.2) is 42.0 Å². The van der Waals surface area contributed by atoms with Gasteiger partial charge in [-0.2, -0.15) is 0 Å². The molecular formula is C14H20N4O4. The summed E-state index contributed by atoms with van der Waals surface area (Å²) in [6.07, 6.45) is 0.327. The quantitative estimate of drug-likeness (QED) is 0.388. The predicted octanol–water partition coefficient (Wildman–Crippen LogP) is -1.67. The van der Waals surface area contributed by atoms with Crippen LogP contribution in [0.15, 0.2) is 24.3 Å². The van der Waals surface area contributed by atoms with Crippen molar-refractivity contribution < 1.29 is 19.5 Å². The maximum Gasteiger partial charge on any atom is 0.322 e. The molecular weight excluding hydrogens is 288 g/mol. The number of amides is 2. The van der Waals surface area contributed by atoms with Crippen LogP contribution in [0.2, 0.25) is 0 Å². The van der Waals surface area contributed by atoms with Crippen LogP contribution in [0.25, 0.3) is 0 Å². The van der Waals surface area contributed by atoms with E-state index in [-0.39, 0.29) is 6.54 Å². The highest BCUT2D eigenvalue weighted by Crippen LogP contribution is 2.06. The van der Waals surface area contributed by atoms with Crippen molar-refractivity contribution in [3.05, 3.63) is 35.4 Å². The van der Waals surface area contributed by atoms with Gasteiger partial charge < -0.3 is 27.2 Å². The molecule has 0 aliphatic heterocycles. The molecule has 2 amide bonds. The Balaban J connectivity index is 2.37. The topological polar surface area (TPSA) is 148 Å². The monoisotopic (exact) mass is 308 g/mol. The van der Waals surface area contributed by atoms with Gasteiger partial charge in [0.15, 0.2) is 0 Å². The molecule has 0 aromatic heterocycles. The molecule has 7 N–H and O–H groups in total. The molecule has 0 bridgehead atoms. The predicted molar refractivity (Wildman–Crippen MR) is 79.7 cm³/mol. The van der Waals surface area contributed by atoms with Gasteiger partial charge in [-0.05, 0) is 17.5 Å². The van der Waals surface area contributed by atoms with E-state index < -0.39 is 30.4 Å². The number of aliphatic carboxylic acids is 1. The minimum atomic E-state index is -1.16. The summed E-state index contributed by atoms with van der Waals surface area (Å²) in [5.41, 5.74) is 13.1. The number of carboxylic acids is 1. The Hall–Kier alpha value is -2.45. The van der Waals surface area contributed by atoms with Crippen LogP contribution < -0.4 is 22.1 Å². The number of nitrogens with two attached hydrogens (primary N) is 2. The Morgan fingerprint density at radius 2 is 1.64 bits per heavy atom. The van der Waals surface area contributed by atoms with Gasteiger partial charge in [0.2, 0.25) is 11.8 Å². The molecule has 8 nitrogen and oxygen atoms in total. The van der Waals surface area contributed by atoms with Crippen molar-refractivity contribution in [2.75, 3.05) is 13.1 Å². The Morgan fingerprint density at radius 1 is 1.05 bits per heavy atom. The van der Waals surface area contributed by atoms with Gasteiger partial charge in [0.1, 0.15) is 6.54 Å². The number of carboxylic acid groups (broad SMARTS) is 1. The van der Waals surface area contributed by atoms with Gasteiger partial charge >= 0.3 is 5.97 Å². The fourth-order valence-electron chi connectivity index (χ4n) is 1.69. The Kier molecular flexibility index (Phi) is 7.00. The van der Waals surface area contributed by atoms with Crippen molar-refractivity contribution in [1.82, 2.24) is 10.6 Å². The van der Waals surface area contributed by atoms with E-state index in [0.29, 0.717) is 13.0 Å². The van der Waals surface area contributed by atoms with E-state index in [2.05, 4.69) is 10.6 Å². The molecule has 0 spiro atoms. The molecule has 120 valence electrons. The molecule has 0 heterocycles. The first kappa shape index (κ1) is 17.6. The number of hydrogen-bond acceptors (Lipinski definition) is 5. The van der Waals surface area contributed by atoms with Crippen molar-refractivity contribution in [2.24, 2.45) is 11.5 Å². The van der Waals surface area contributed by atoms with Crippen LogP contribution in [0.3, 0.4) is 0 Å². The number of rotatable bonds is 8. The molecule has 0 saturated heterocycles. The highest BCUT2D eigenvalue weighted by atomic mass is 16.4. The van der Waals surface area contributed by atoms with E-state index in [0.717, 1.165) is 11.1 Å². The summed E-state index contributed by atoms with van der Waals surface area (Å²) in [5.74, 6) is -2.22. The third-order valence-corrected chi connectivity index (χ3v) is 2.91. The number of nitrogens with one attached hydrogen (secondary N) is 2. The second kappa shape index (κ2) is 8.75. The molecule has 0 aliphatic carbocycles. The van der Waals surface area contributed by atoms with Crippen LogP contribution in [0.1, 0.15) is 11.1 Å². The molecule has 1 aromatic rings. The summed E-state index contributed by atoms with van der Waals surface area (Å²) in [4.78, 5) is 33.3. The van der Waals surface area contributed by atoms with E-state index >= 15 is 0 Å². The first-order chi connectivity index (χ1) is 10.4. The number of carbonyl (C=O) groups is 3. The summed E-state index contributed by atoms with van der Waals surface area (Å²) in [6.45, 7) is -0.363. The third-order valence-electron chi connectivity index (χ3n) is 2.91. The van der Waals surface area contributed by atoms with E-state index in [1.165, 1.54) is 0 Å². The molecule has 0 unspecified atom stereocenters. The lowest BCUT2D eigenvalue weighted by atomic mass is 10.0. The van der Waals surface area contributed by atoms with Crippen molar-refractivity contribution in [3.8, 4) is 0 Å². The third kappa shape index (κ3) is 6.33. The molecule has 1 aromatic carbocycles. The van der Waals surface area contributed by atoms with Crippen molar-refractivity contribution in [1.29, 1.82) is 0 Å². The van der Waals surface area contributed by atoms with Gasteiger partial charge in [0.25, 0.3) is 0 Å². The average Bonchev–Trinajstić information content (AvgIpc) is 2.51. The standard InChI is InChI=1S/C14H20N4O4/c15-6-10-3-1-9(2-4-10)5-11(16)14(22)18-7-12(19)17-8-13(20)21/h1-4,11H,5-8,15-16H2,(H,17,19)(H,18,22)(H,20,21)/t11-/m0/s1. The maximum atomic E-state index is 11.8. The lowest BCUT2D eigenvalue weighted by molar-refractivity contribution is -0.137. The zero-order chi connectivity index (χ0) is 16.5. The molecule has 0 saturated carbocycles. The summed E-state index contributed by atoms with van der Waals surface area (Å²) in [5, 5.41) is 12.9. The summed E-state index contributed by atoms with van der Waals surface area (Å²) in [6, 6.07) is 6.61. The zero-order valence-electron chi connectivity index (χ0n) is 12.0. The normalized spacial score (nSPS) is 11.5. The van der Waals surface area contributed by atoms with Crippen molar-refractivity contribution >= 4 is 17.8 Å². The SMILES string of the molecule is NCc1ccc(C[C@H](N)C(=O)NCC(=O)NCC(=O)O)cc1. The highest BCUT2D eigenvalue weighted by molar-refractivity contribution is 5.88. The van der Waals surface area contributed by atoms with E-state index in [9.17, 15) is 14.4 Å². The van der Waals surface area contributed by atoms with Crippen LogP contribution in [0.4, 0.5) is 0 Å². The van der Waals surface area contributed by atoms with E-state index in [1.807, 2.05) is 24.3 Å². The molecule has 1 atom stereocenters. The second-order valence-corrected chi connectivity index (χ2v) is 4.72. The highest BCUT2D eigenvalue weighted by Gasteiger charge is 2.15. The van der Waals surface area contributed by atoms with E-state index in [4.69, 9.17) is 16.6 Å². The average molecular weight is 308 g/mol. The first-order valence-corrected chi connectivity index (χ1v) is 6.72. The zero-order valence-corrected chi connectivity index (χ0v) is 12.0. The van der Waals surface area contributed by atoms with E-state index in [1.54, 1.807) is 0 Å². The fraction of sp³-hybridized carbons (Fsp3) is 0.357. The lowest BCUT2D eigenvalue weighted by Crippen LogP contribution is -2.46. The number of carbonyl (C=O) groups excluding carboxylic acids is 2. The summed E-state index contributed by atoms with van der Waals surface area (Å²) < 4.78 is 0. The van der Waals surface area contributed by atoms with Gasteiger partial charge in [-0.25, -0.2) is 0 Å². The lowest BCUT2D eigenvalue weighted by Gasteiger charge is -2.12. The molecule has 0 aliphatic rings. The van der Waals surface area contributed by atoms with Gasteiger partial charge in [-0.1, -0.05) is 24.3 Å². The van der Waals surface area contributed by atoms with Gasteiger partial charge in [-0.15, -0.1) is 0 Å². The molecule has 0 fully saturated rings. The van der Waals surface area contributed by atoms with Gasteiger partial charge in [0, 0.05) is 6.54 Å². The van der Waals surface area contributed by atoms with Gasteiger partial charge in [0.05, 0.1) is 12.6 Å². The maximum absolute atomic E-state index is 11.8. The smallest absolute Gasteiger partial charge is 0.322 e. The fourth-order valence-corrected chi connectivity index (χ4v) is 1.69. The Bertz CT molecular complexity index is 530. The van der Waals surface area contributed by atoms with Crippen LogP contribution in [0.5, 0.6) is 0 Å². The Morgan fingerprint density at radius 3 is 2.18 bits per heavy atom. The minimum Gasteiger partial charge on any atom is -0.480 e. The Labute approximate surface area is 127 Å².